The number of amides is 1. The number of anilines is 1. The largest absolute Gasteiger partial charge is 0.463 e. The summed E-state index contributed by atoms with van der Waals surface area (Å²) in [4.78, 5) is 16.4. The number of rotatable bonds is 7. The maximum absolute atomic E-state index is 12.3. The van der Waals surface area contributed by atoms with Crippen molar-refractivity contribution in [3.63, 3.8) is 0 Å². The van der Waals surface area contributed by atoms with Crippen LogP contribution in [-0.2, 0) is 5.75 Å². The smallest absolute Gasteiger partial charge is 0.277 e. The third kappa shape index (κ3) is 4.03. The Labute approximate surface area is 142 Å². The van der Waals surface area contributed by atoms with Crippen molar-refractivity contribution in [1.29, 1.82) is 0 Å². The second-order valence-electron chi connectivity index (χ2n) is 4.92. The summed E-state index contributed by atoms with van der Waals surface area (Å²) in [6.45, 7) is 0.149. The van der Waals surface area contributed by atoms with Crippen molar-refractivity contribution in [3.05, 3.63) is 54.0 Å². The number of hydrogen-bond donors (Lipinski definition) is 3. The molecule has 0 aromatic carbocycles. The minimum Gasteiger partial charge on any atom is -0.463 e. The van der Waals surface area contributed by atoms with Crippen molar-refractivity contribution in [1.82, 2.24) is 15.2 Å². The van der Waals surface area contributed by atoms with Gasteiger partial charge in [0, 0.05) is 23.8 Å². The molecule has 3 aromatic rings. The van der Waals surface area contributed by atoms with Crippen LogP contribution in [0.2, 0.25) is 0 Å². The van der Waals surface area contributed by atoms with E-state index < -0.39 is 0 Å². The van der Waals surface area contributed by atoms with E-state index >= 15 is 0 Å². The molecule has 3 aromatic heterocycles. The molecule has 0 saturated carbocycles. The molecule has 3 N–H and O–H groups in total. The Balaban J connectivity index is 1.65. The van der Waals surface area contributed by atoms with Gasteiger partial charge in [0.25, 0.3) is 5.91 Å². The number of H-pyrrole nitrogens is 1. The lowest BCUT2D eigenvalue weighted by Crippen LogP contribution is -2.13. The SMILES string of the molecule is O=C(Nc1cc(CSCCO)ccn1)c1cc(-c2ccco2)[nH]n1. The Kier molecular flexibility index (Phi) is 5.29. The Hall–Kier alpha value is -2.58. The summed E-state index contributed by atoms with van der Waals surface area (Å²) in [6, 6.07) is 8.85. The van der Waals surface area contributed by atoms with Gasteiger partial charge in [0.2, 0.25) is 0 Å². The average molecular weight is 344 g/mol. The fourth-order valence-corrected chi connectivity index (χ4v) is 2.75. The van der Waals surface area contributed by atoms with Gasteiger partial charge in [-0.15, -0.1) is 0 Å². The number of aliphatic hydroxyl groups excluding tert-OH is 1. The van der Waals surface area contributed by atoms with E-state index in [1.165, 1.54) is 0 Å². The van der Waals surface area contributed by atoms with Crippen molar-refractivity contribution in [2.24, 2.45) is 0 Å². The van der Waals surface area contributed by atoms with Crippen LogP contribution in [0.15, 0.2) is 47.2 Å². The zero-order valence-electron chi connectivity index (χ0n) is 12.7. The van der Waals surface area contributed by atoms with E-state index in [1.807, 2.05) is 12.1 Å². The van der Waals surface area contributed by atoms with E-state index in [1.54, 1.807) is 42.4 Å². The summed E-state index contributed by atoms with van der Waals surface area (Å²) >= 11 is 1.61. The average Bonchev–Trinajstić information content (AvgIpc) is 3.27. The maximum Gasteiger partial charge on any atom is 0.277 e. The lowest BCUT2D eigenvalue weighted by atomic mass is 10.2. The molecule has 0 saturated heterocycles. The van der Waals surface area contributed by atoms with Gasteiger partial charge in [0.1, 0.15) is 11.5 Å². The Morgan fingerprint density at radius 2 is 2.29 bits per heavy atom. The molecule has 0 aliphatic rings. The van der Waals surface area contributed by atoms with E-state index in [0.29, 0.717) is 23.0 Å². The minimum atomic E-state index is -0.350. The third-order valence-corrected chi connectivity index (χ3v) is 4.18. The summed E-state index contributed by atoms with van der Waals surface area (Å²) in [7, 11) is 0. The summed E-state index contributed by atoms with van der Waals surface area (Å²) in [5.41, 5.74) is 1.91. The molecule has 0 aliphatic carbocycles. The van der Waals surface area contributed by atoms with Crippen LogP contribution in [0.5, 0.6) is 0 Å². The van der Waals surface area contributed by atoms with Gasteiger partial charge in [-0.2, -0.15) is 16.9 Å². The predicted molar refractivity (Wildman–Crippen MR) is 91.7 cm³/mol. The highest BCUT2D eigenvalue weighted by Gasteiger charge is 2.13. The van der Waals surface area contributed by atoms with Crippen molar-refractivity contribution in [2.45, 2.75) is 5.75 Å². The topological polar surface area (TPSA) is 104 Å². The molecule has 0 radical (unpaired) electrons. The van der Waals surface area contributed by atoms with Crippen LogP contribution in [0, 0.1) is 0 Å². The number of aromatic nitrogens is 3. The number of nitrogens with zero attached hydrogens (tertiary/aromatic N) is 2. The number of hydrogen-bond acceptors (Lipinski definition) is 6. The zero-order valence-corrected chi connectivity index (χ0v) is 13.5. The fourth-order valence-electron chi connectivity index (χ4n) is 2.06. The van der Waals surface area contributed by atoms with Crippen LogP contribution < -0.4 is 5.32 Å². The molecule has 0 aliphatic heterocycles. The first-order valence-corrected chi connectivity index (χ1v) is 8.46. The van der Waals surface area contributed by atoms with E-state index in [9.17, 15) is 4.79 Å². The van der Waals surface area contributed by atoms with Crippen molar-refractivity contribution in [3.8, 4) is 11.5 Å². The highest BCUT2D eigenvalue weighted by atomic mass is 32.2. The monoisotopic (exact) mass is 344 g/mol. The van der Waals surface area contributed by atoms with E-state index in [4.69, 9.17) is 9.52 Å². The Morgan fingerprint density at radius 3 is 3.08 bits per heavy atom. The van der Waals surface area contributed by atoms with Crippen LogP contribution in [-0.4, -0.2) is 38.6 Å². The lowest BCUT2D eigenvalue weighted by molar-refractivity contribution is 0.102. The first kappa shape index (κ1) is 16.3. The van der Waals surface area contributed by atoms with Crippen LogP contribution in [0.1, 0.15) is 16.1 Å². The molecule has 0 unspecified atom stereocenters. The van der Waals surface area contributed by atoms with Gasteiger partial charge >= 0.3 is 0 Å². The second kappa shape index (κ2) is 7.80. The Bertz CT molecular complexity index is 801. The number of carbonyl (C=O) groups is 1. The molecule has 0 atom stereocenters. The number of pyridine rings is 1. The summed E-state index contributed by atoms with van der Waals surface area (Å²) in [5.74, 6) is 2.15. The number of aromatic amines is 1. The van der Waals surface area contributed by atoms with E-state index in [2.05, 4.69) is 20.5 Å². The van der Waals surface area contributed by atoms with Gasteiger partial charge < -0.3 is 14.8 Å². The first-order valence-electron chi connectivity index (χ1n) is 7.30. The molecule has 8 heteroatoms. The molecule has 0 spiro atoms. The van der Waals surface area contributed by atoms with Gasteiger partial charge in [0.15, 0.2) is 11.5 Å². The van der Waals surface area contributed by atoms with Crippen LogP contribution in [0.25, 0.3) is 11.5 Å². The molecule has 3 rings (SSSR count). The number of aliphatic hydroxyl groups is 1. The molecule has 0 bridgehead atoms. The minimum absolute atomic E-state index is 0.149. The van der Waals surface area contributed by atoms with Gasteiger partial charge in [-0.25, -0.2) is 4.98 Å². The Morgan fingerprint density at radius 1 is 1.38 bits per heavy atom. The fraction of sp³-hybridized carbons (Fsp3) is 0.188. The number of furan rings is 1. The van der Waals surface area contributed by atoms with Crippen LogP contribution in [0.3, 0.4) is 0 Å². The number of thioether (sulfide) groups is 1. The third-order valence-electron chi connectivity index (χ3n) is 3.17. The molecular weight excluding hydrogens is 328 g/mol. The standard InChI is InChI=1S/C16H16N4O3S/c21-5-7-24-10-11-3-4-17-15(8-11)18-16(22)13-9-12(19-20-13)14-2-1-6-23-14/h1-4,6,8-9,21H,5,7,10H2,(H,19,20)(H,17,18,22). The summed E-state index contributed by atoms with van der Waals surface area (Å²) in [6.07, 6.45) is 3.20. The molecule has 3 heterocycles. The second-order valence-corrected chi connectivity index (χ2v) is 6.03. The van der Waals surface area contributed by atoms with Gasteiger partial charge in [-0.3, -0.25) is 9.89 Å². The van der Waals surface area contributed by atoms with E-state index in [0.717, 1.165) is 11.3 Å². The highest BCUT2D eigenvalue weighted by Crippen LogP contribution is 2.19. The van der Waals surface area contributed by atoms with Gasteiger partial charge in [0.05, 0.1) is 12.9 Å². The normalized spacial score (nSPS) is 10.7. The molecular formula is C16H16N4O3S. The van der Waals surface area contributed by atoms with Crippen molar-refractivity contribution >= 4 is 23.5 Å². The van der Waals surface area contributed by atoms with Crippen LogP contribution in [0.4, 0.5) is 5.82 Å². The van der Waals surface area contributed by atoms with Crippen LogP contribution >= 0.6 is 11.8 Å². The van der Waals surface area contributed by atoms with Gasteiger partial charge in [-0.05, 0) is 29.8 Å². The van der Waals surface area contributed by atoms with Crippen molar-refractivity contribution < 1.29 is 14.3 Å². The molecule has 7 nitrogen and oxygen atoms in total. The number of carbonyl (C=O) groups excluding carboxylic acids is 1. The molecule has 1 amide bonds. The van der Waals surface area contributed by atoms with Crippen molar-refractivity contribution in [2.75, 3.05) is 17.7 Å². The quantitative estimate of drug-likeness (QED) is 0.569. The molecule has 24 heavy (non-hydrogen) atoms. The maximum atomic E-state index is 12.3. The molecule has 0 fully saturated rings. The number of nitrogens with one attached hydrogen (secondary N) is 2. The highest BCUT2D eigenvalue weighted by molar-refractivity contribution is 7.98. The predicted octanol–water partition coefficient (Wildman–Crippen LogP) is 2.54. The summed E-state index contributed by atoms with van der Waals surface area (Å²) in [5, 5.41) is 18.3. The van der Waals surface area contributed by atoms with E-state index in [-0.39, 0.29) is 18.2 Å². The zero-order chi connectivity index (χ0) is 16.8. The lowest BCUT2D eigenvalue weighted by Gasteiger charge is -2.05. The molecule has 124 valence electrons. The first-order chi connectivity index (χ1) is 11.8. The van der Waals surface area contributed by atoms with Gasteiger partial charge in [-0.1, -0.05) is 0 Å². The summed E-state index contributed by atoms with van der Waals surface area (Å²) < 4.78 is 5.26.